The van der Waals surface area contributed by atoms with Crippen LogP contribution in [0, 0.1) is 11.7 Å². The molecule has 1 aliphatic carbocycles. The highest BCUT2D eigenvalue weighted by Crippen LogP contribution is 2.40. The van der Waals surface area contributed by atoms with Crippen molar-refractivity contribution in [3.05, 3.63) is 41.3 Å². The lowest BCUT2D eigenvalue weighted by Crippen LogP contribution is -2.33. The maximum absolute atomic E-state index is 13.7. The predicted molar refractivity (Wildman–Crippen MR) is 111 cm³/mol. The van der Waals surface area contributed by atoms with Crippen LogP contribution in [0.1, 0.15) is 54.1 Å². The smallest absolute Gasteiger partial charge is 0.252 e. The molecule has 0 bridgehead atoms. The lowest BCUT2D eigenvalue weighted by atomic mass is 9.96. The summed E-state index contributed by atoms with van der Waals surface area (Å²) in [6.07, 6.45) is 5.65. The third-order valence-electron chi connectivity index (χ3n) is 5.27. The number of nitrogens with zero attached hydrogens (tertiary/aromatic N) is 1. The highest BCUT2D eigenvalue weighted by Gasteiger charge is 2.27. The average molecular weight is 414 g/mol. The van der Waals surface area contributed by atoms with Crippen molar-refractivity contribution in [2.45, 2.75) is 38.0 Å². The Kier molecular flexibility index (Phi) is 7.83. The van der Waals surface area contributed by atoms with Crippen molar-refractivity contribution in [2.75, 3.05) is 19.6 Å². The standard InChI is InChI=1S/C20H24FN3O.2ClH/c21-15-5-6-18-16(10-15)17(11-19(24-18)14-3-4-14)20(25)23-9-7-13-2-1-8-22-12-13;;/h5-6,10-11,13-14,22H,1-4,7-9,12H2,(H,23,25);2*1H. The first-order valence-corrected chi connectivity index (χ1v) is 9.30. The van der Waals surface area contributed by atoms with Crippen LogP contribution in [0.2, 0.25) is 0 Å². The van der Waals surface area contributed by atoms with Crippen LogP contribution in [0.15, 0.2) is 24.3 Å². The average Bonchev–Trinajstić information content (AvgIpc) is 3.47. The minimum Gasteiger partial charge on any atom is -0.352 e. The van der Waals surface area contributed by atoms with Gasteiger partial charge in [-0.3, -0.25) is 9.78 Å². The van der Waals surface area contributed by atoms with Crippen molar-refractivity contribution in [1.82, 2.24) is 15.6 Å². The molecule has 1 saturated carbocycles. The fourth-order valence-electron chi connectivity index (χ4n) is 3.65. The van der Waals surface area contributed by atoms with E-state index in [1.807, 2.05) is 6.07 Å². The number of pyridine rings is 1. The lowest BCUT2D eigenvalue weighted by molar-refractivity contribution is 0.0952. The molecule has 4 nitrogen and oxygen atoms in total. The zero-order valence-electron chi connectivity index (χ0n) is 15.2. The molecule has 2 N–H and O–H groups in total. The second kappa shape index (κ2) is 9.67. The number of carbonyl (C=O) groups excluding carboxylic acids is 1. The van der Waals surface area contributed by atoms with E-state index in [0.29, 0.717) is 34.8 Å². The molecule has 7 heteroatoms. The van der Waals surface area contributed by atoms with E-state index in [1.54, 1.807) is 6.07 Å². The minimum atomic E-state index is -0.337. The number of fused-ring (bicyclic) bond motifs is 1. The molecule has 1 aromatic carbocycles. The van der Waals surface area contributed by atoms with Gasteiger partial charge in [-0.1, -0.05) is 0 Å². The summed E-state index contributed by atoms with van der Waals surface area (Å²) in [5, 5.41) is 7.03. The number of halogens is 3. The molecule has 4 rings (SSSR count). The van der Waals surface area contributed by atoms with Gasteiger partial charge in [-0.05, 0) is 75.4 Å². The largest absolute Gasteiger partial charge is 0.352 e. The summed E-state index contributed by atoms with van der Waals surface area (Å²) >= 11 is 0. The lowest BCUT2D eigenvalue weighted by Gasteiger charge is -2.22. The Hall–Kier alpha value is -1.43. The molecular weight excluding hydrogens is 388 g/mol. The predicted octanol–water partition coefficient (Wildman–Crippen LogP) is 4.21. The normalized spacial score (nSPS) is 19.1. The maximum Gasteiger partial charge on any atom is 0.252 e. The zero-order chi connectivity index (χ0) is 17.2. The monoisotopic (exact) mass is 413 g/mol. The highest BCUT2D eigenvalue weighted by atomic mass is 35.5. The molecular formula is C20H26Cl2FN3O. The molecule has 1 aliphatic heterocycles. The summed E-state index contributed by atoms with van der Waals surface area (Å²) in [5.41, 5.74) is 2.21. The van der Waals surface area contributed by atoms with Crippen LogP contribution in [0.4, 0.5) is 4.39 Å². The van der Waals surface area contributed by atoms with Crippen molar-refractivity contribution in [3.8, 4) is 0 Å². The molecule has 0 radical (unpaired) electrons. The second-order valence-corrected chi connectivity index (χ2v) is 7.29. The number of benzene rings is 1. The first-order chi connectivity index (χ1) is 12.2. The van der Waals surface area contributed by atoms with Crippen LogP contribution < -0.4 is 10.6 Å². The Morgan fingerprint density at radius 3 is 2.74 bits per heavy atom. The number of aromatic nitrogens is 1. The van der Waals surface area contributed by atoms with Gasteiger partial charge >= 0.3 is 0 Å². The van der Waals surface area contributed by atoms with Crippen LogP contribution in [0.5, 0.6) is 0 Å². The molecule has 2 aliphatic rings. The van der Waals surface area contributed by atoms with Gasteiger partial charge in [0.2, 0.25) is 0 Å². The van der Waals surface area contributed by atoms with Crippen molar-refractivity contribution >= 4 is 41.6 Å². The summed E-state index contributed by atoms with van der Waals surface area (Å²) < 4.78 is 13.7. The van der Waals surface area contributed by atoms with E-state index in [1.165, 1.54) is 25.0 Å². The third-order valence-corrected chi connectivity index (χ3v) is 5.27. The summed E-state index contributed by atoms with van der Waals surface area (Å²) in [6, 6.07) is 6.35. The Morgan fingerprint density at radius 1 is 1.22 bits per heavy atom. The van der Waals surface area contributed by atoms with Crippen molar-refractivity contribution in [2.24, 2.45) is 5.92 Å². The molecule has 148 valence electrons. The fraction of sp³-hybridized carbons (Fsp3) is 0.500. The van der Waals surface area contributed by atoms with Gasteiger partial charge in [-0.2, -0.15) is 0 Å². The van der Waals surface area contributed by atoms with E-state index in [2.05, 4.69) is 15.6 Å². The van der Waals surface area contributed by atoms with E-state index in [0.717, 1.165) is 38.0 Å². The fourth-order valence-corrected chi connectivity index (χ4v) is 3.65. The molecule has 2 fully saturated rings. The van der Waals surface area contributed by atoms with Gasteiger partial charge in [0.1, 0.15) is 5.82 Å². The number of amides is 1. The summed E-state index contributed by atoms with van der Waals surface area (Å²) in [6.45, 7) is 2.79. The van der Waals surface area contributed by atoms with Gasteiger partial charge in [0.25, 0.3) is 5.91 Å². The number of carbonyl (C=O) groups is 1. The summed E-state index contributed by atoms with van der Waals surface area (Å²) in [7, 11) is 0. The maximum atomic E-state index is 13.7. The highest BCUT2D eigenvalue weighted by molar-refractivity contribution is 6.06. The summed E-state index contributed by atoms with van der Waals surface area (Å²) in [4.78, 5) is 17.4. The third kappa shape index (κ3) is 5.31. The van der Waals surface area contributed by atoms with Crippen LogP contribution in [-0.2, 0) is 0 Å². The van der Waals surface area contributed by atoms with Gasteiger partial charge in [0.15, 0.2) is 0 Å². The molecule has 1 amide bonds. The quantitative estimate of drug-likeness (QED) is 0.771. The molecule has 0 spiro atoms. The van der Waals surface area contributed by atoms with Crippen molar-refractivity contribution < 1.29 is 9.18 Å². The van der Waals surface area contributed by atoms with E-state index in [9.17, 15) is 9.18 Å². The van der Waals surface area contributed by atoms with Crippen LogP contribution in [0.25, 0.3) is 10.9 Å². The Bertz CT molecular complexity index is 792. The molecule has 2 heterocycles. The Morgan fingerprint density at radius 2 is 2.04 bits per heavy atom. The van der Waals surface area contributed by atoms with Gasteiger partial charge in [0.05, 0.1) is 11.1 Å². The number of nitrogens with one attached hydrogen (secondary N) is 2. The number of hydrogen-bond acceptors (Lipinski definition) is 3. The first-order valence-electron chi connectivity index (χ1n) is 9.30. The van der Waals surface area contributed by atoms with Gasteiger partial charge in [-0.15, -0.1) is 24.8 Å². The zero-order valence-corrected chi connectivity index (χ0v) is 16.8. The van der Waals surface area contributed by atoms with Crippen LogP contribution in [-0.4, -0.2) is 30.5 Å². The molecule has 27 heavy (non-hydrogen) atoms. The van der Waals surface area contributed by atoms with Crippen LogP contribution in [0.3, 0.4) is 0 Å². The Balaban J connectivity index is 0.00000131. The first kappa shape index (κ1) is 21.9. The van der Waals surface area contributed by atoms with E-state index in [4.69, 9.17) is 0 Å². The summed E-state index contributed by atoms with van der Waals surface area (Å²) in [5.74, 6) is 0.622. The molecule has 1 saturated heterocycles. The molecule has 1 aromatic heterocycles. The number of rotatable bonds is 5. The second-order valence-electron chi connectivity index (χ2n) is 7.29. The van der Waals surface area contributed by atoms with Crippen molar-refractivity contribution in [3.63, 3.8) is 0 Å². The van der Waals surface area contributed by atoms with Crippen molar-refractivity contribution in [1.29, 1.82) is 0 Å². The van der Waals surface area contributed by atoms with E-state index >= 15 is 0 Å². The van der Waals surface area contributed by atoms with Gasteiger partial charge in [-0.25, -0.2) is 4.39 Å². The number of hydrogen-bond donors (Lipinski definition) is 2. The minimum absolute atomic E-state index is 0. The SMILES string of the molecule is Cl.Cl.O=C(NCCC1CCCNC1)c1cc(C2CC2)nc2ccc(F)cc12. The van der Waals surface area contributed by atoms with E-state index in [-0.39, 0.29) is 36.5 Å². The van der Waals surface area contributed by atoms with Gasteiger partial charge in [0, 0.05) is 23.5 Å². The Labute approximate surface area is 171 Å². The van der Waals surface area contributed by atoms with Gasteiger partial charge < -0.3 is 10.6 Å². The van der Waals surface area contributed by atoms with Crippen LogP contribution >= 0.6 is 24.8 Å². The molecule has 1 atom stereocenters. The number of piperidine rings is 1. The molecule has 1 unspecified atom stereocenters. The molecule has 2 aromatic rings. The van der Waals surface area contributed by atoms with E-state index < -0.39 is 0 Å². The topological polar surface area (TPSA) is 54.0 Å².